The fraction of sp³-hybridized carbons (Fsp3) is 0.267. The van der Waals surface area contributed by atoms with Crippen molar-refractivity contribution >= 4 is 56.2 Å². The highest BCUT2D eigenvalue weighted by molar-refractivity contribution is 7.91. The molecular weight excluding hydrogens is 437 g/mol. The topological polar surface area (TPSA) is 101 Å². The van der Waals surface area contributed by atoms with Crippen molar-refractivity contribution in [2.45, 2.75) is 4.21 Å². The third-order valence-corrected chi connectivity index (χ3v) is 7.89. The van der Waals surface area contributed by atoms with Crippen molar-refractivity contribution in [3.05, 3.63) is 55.4 Å². The summed E-state index contributed by atoms with van der Waals surface area (Å²) in [5, 5.41) is 11.3. The van der Waals surface area contributed by atoms with Gasteiger partial charge in [-0.15, -0.1) is 11.3 Å². The van der Waals surface area contributed by atoms with Crippen LogP contribution >= 0.6 is 34.5 Å². The third kappa shape index (κ3) is 4.09. The molecule has 2 aromatic rings. The Morgan fingerprint density at radius 2 is 1.78 bits per heavy atom. The van der Waals surface area contributed by atoms with Crippen molar-refractivity contribution in [3.8, 4) is 0 Å². The molecule has 0 unspecified atom stereocenters. The van der Waals surface area contributed by atoms with Crippen LogP contribution in [0.15, 0.2) is 34.5 Å². The van der Waals surface area contributed by atoms with Crippen molar-refractivity contribution in [2.24, 2.45) is 0 Å². The average molecular weight is 450 g/mol. The Kier molecular flexibility index (Phi) is 5.73. The number of rotatable bonds is 4. The Hall–Kier alpha value is -1.72. The van der Waals surface area contributed by atoms with Crippen LogP contribution < -0.4 is 0 Å². The summed E-state index contributed by atoms with van der Waals surface area (Å²) in [7, 11) is -3.68. The number of thiophene rings is 1. The minimum absolute atomic E-state index is 0.0780. The molecule has 144 valence electrons. The van der Waals surface area contributed by atoms with E-state index < -0.39 is 20.9 Å². The molecule has 3 rings (SSSR count). The molecule has 1 aliphatic rings. The largest absolute Gasteiger partial charge is 0.336 e. The highest BCUT2D eigenvalue weighted by Gasteiger charge is 2.33. The first-order valence-electron chi connectivity index (χ1n) is 7.69. The zero-order valence-corrected chi connectivity index (χ0v) is 16.8. The van der Waals surface area contributed by atoms with E-state index in [0.29, 0.717) is 4.34 Å². The van der Waals surface area contributed by atoms with Gasteiger partial charge in [0.25, 0.3) is 21.6 Å². The van der Waals surface area contributed by atoms with Crippen molar-refractivity contribution < 1.29 is 18.1 Å². The number of halogens is 2. The highest BCUT2D eigenvalue weighted by atomic mass is 35.5. The van der Waals surface area contributed by atoms with Gasteiger partial charge in [-0.05, 0) is 24.3 Å². The maximum atomic E-state index is 12.7. The Bertz CT molecular complexity index is 1000. The number of hydrogen-bond donors (Lipinski definition) is 0. The first-order chi connectivity index (χ1) is 12.7. The second kappa shape index (κ2) is 7.72. The lowest BCUT2D eigenvalue weighted by Crippen LogP contribution is -2.50. The van der Waals surface area contributed by atoms with E-state index in [1.54, 1.807) is 0 Å². The number of nitro benzene ring substituents is 1. The van der Waals surface area contributed by atoms with Crippen molar-refractivity contribution in [1.82, 2.24) is 9.21 Å². The van der Waals surface area contributed by atoms with Crippen LogP contribution in [0.4, 0.5) is 5.69 Å². The smallest absolute Gasteiger partial charge is 0.283 e. The van der Waals surface area contributed by atoms with E-state index in [1.165, 1.54) is 33.5 Å². The maximum Gasteiger partial charge on any atom is 0.283 e. The Morgan fingerprint density at radius 3 is 2.33 bits per heavy atom. The molecular formula is C15H13Cl2N3O5S2. The van der Waals surface area contributed by atoms with E-state index in [4.69, 9.17) is 23.2 Å². The number of sulfonamides is 1. The van der Waals surface area contributed by atoms with Gasteiger partial charge in [-0.25, -0.2) is 8.42 Å². The molecule has 1 saturated heterocycles. The molecule has 2 heterocycles. The molecule has 0 aliphatic carbocycles. The van der Waals surface area contributed by atoms with Crippen LogP contribution in [-0.4, -0.2) is 54.6 Å². The van der Waals surface area contributed by atoms with Crippen molar-refractivity contribution in [1.29, 1.82) is 0 Å². The monoisotopic (exact) mass is 449 g/mol. The number of nitrogens with zero attached hydrogens (tertiary/aromatic N) is 3. The molecule has 0 bridgehead atoms. The van der Waals surface area contributed by atoms with Crippen LogP contribution in [0.2, 0.25) is 9.36 Å². The number of benzene rings is 1. The highest BCUT2D eigenvalue weighted by Crippen LogP contribution is 2.29. The zero-order chi connectivity index (χ0) is 19.8. The molecule has 1 aromatic heterocycles. The van der Waals surface area contributed by atoms with Gasteiger partial charge in [-0.2, -0.15) is 4.31 Å². The fourth-order valence-corrected chi connectivity index (χ4v) is 5.93. The van der Waals surface area contributed by atoms with E-state index in [9.17, 15) is 23.3 Å². The molecule has 12 heteroatoms. The molecule has 0 N–H and O–H groups in total. The minimum Gasteiger partial charge on any atom is -0.336 e. The molecule has 0 atom stereocenters. The quantitative estimate of drug-likeness (QED) is 0.526. The van der Waals surface area contributed by atoms with Crippen LogP contribution in [0.25, 0.3) is 0 Å². The third-order valence-electron chi connectivity index (χ3n) is 4.06. The van der Waals surface area contributed by atoms with Gasteiger partial charge in [-0.3, -0.25) is 14.9 Å². The molecule has 8 nitrogen and oxygen atoms in total. The van der Waals surface area contributed by atoms with E-state index >= 15 is 0 Å². The molecule has 0 spiro atoms. The number of carbonyl (C=O) groups excluding carboxylic acids is 1. The Balaban J connectivity index is 1.75. The molecule has 1 aliphatic heterocycles. The predicted octanol–water partition coefficient (Wildman–Crippen LogP) is 3.11. The number of piperazine rings is 1. The van der Waals surface area contributed by atoms with Crippen LogP contribution in [0.1, 0.15) is 10.4 Å². The predicted molar refractivity (Wildman–Crippen MR) is 102 cm³/mol. The van der Waals surface area contributed by atoms with Gasteiger partial charge in [0.2, 0.25) is 0 Å². The van der Waals surface area contributed by atoms with Crippen LogP contribution in [0.3, 0.4) is 0 Å². The average Bonchev–Trinajstić information content (AvgIpc) is 3.08. The first kappa shape index (κ1) is 20.0. The lowest BCUT2D eigenvalue weighted by Gasteiger charge is -2.33. The van der Waals surface area contributed by atoms with Crippen LogP contribution in [-0.2, 0) is 10.0 Å². The SMILES string of the molecule is O=C(c1ccc(Cl)cc1[N+](=O)[O-])N1CCN(S(=O)(=O)c2ccc(Cl)s2)CC1. The Labute approximate surface area is 169 Å². The lowest BCUT2D eigenvalue weighted by atomic mass is 10.1. The lowest BCUT2D eigenvalue weighted by molar-refractivity contribution is -0.385. The summed E-state index contributed by atoms with van der Waals surface area (Å²) < 4.78 is 27.0. The normalized spacial score (nSPS) is 15.7. The van der Waals surface area contributed by atoms with Crippen molar-refractivity contribution in [2.75, 3.05) is 26.2 Å². The number of hydrogen-bond acceptors (Lipinski definition) is 6. The summed E-state index contributed by atoms with van der Waals surface area (Å²) >= 11 is 12.5. The maximum absolute atomic E-state index is 12.7. The standard InChI is InChI=1S/C15H13Cl2N3O5S2/c16-10-1-2-11(12(9-10)20(22)23)15(21)18-5-7-19(8-6-18)27(24,25)14-4-3-13(17)26-14/h1-4,9H,5-8H2. The molecule has 27 heavy (non-hydrogen) atoms. The second-order valence-electron chi connectivity index (χ2n) is 5.67. The van der Waals surface area contributed by atoms with Gasteiger partial charge in [-0.1, -0.05) is 23.2 Å². The number of nitro groups is 1. The van der Waals surface area contributed by atoms with E-state index in [-0.39, 0.29) is 46.7 Å². The summed E-state index contributed by atoms with van der Waals surface area (Å²) in [4.78, 5) is 24.6. The summed E-state index contributed by atoms with van der Waals surface area (Å²) in [6.07, 6.45) is 0. The molecule has 0 radical (unpaired) electrons. The van der Waals surface area contributed by atoms with E-state index in [2.05, 4.69) is 0 Å². The van der Waals surface area contributed by atoms with Crippen LogP contribution in [0.5, 0.6) is 0 Å². The van der Waals surface area contributed by atoms with E-state index in [1.807, 2.05) is 0 Å². The van der Waals surface area contributed by atoms with Gasteiger partial charge < -0.3 is 4.90 Å². The van der Waals surface area contributed by atoms with Gasteiger partial charge in [0.1, 0.15) is 9.77 Å². The fourth-order valence-electron chi connectivity index (χ4n) is 2.70. The van der Waals surface area contributed by atoms with Gasteiger partial charge in [0.15, 0.2) is 0 Å². The van der Waals surface area contributed by atoms with Crippen molar-refractivity contribution in [3.63, 3.8) is 0 Å². The molecule has 1 aromatic carbocycles. The number of amides is 1. The van der Waals surface area contributed by atoms with Gasteiger partial charge >= 0.3 is 0 Å². The minimum atomic E-state index is -3.68. The molecule has 0 saturated carbocycles. The summed E-state index contributed by atoms with van der Waals surface area (Å²) in [6.45, 7) is 0.420. The number of carbonyl (C=O) groups is 1. The zero-order valence-electron chi connectivity index (χ0n) is 13.7. The van der Waals surface area contributed by atoms with Crippen LogP contribution in [0, 0.1) is 10.1 Å². The second-order valence-corrected chi connectivity index (χ2v) is 9.99. The van der Waals surface area contributed by atoms with E-state index in [0.717, 1.165) is 17.4 Å². The summed E-state index contributed by atoms with van der Waals surface area (Å²) in [5.74, 6) is -0.533. The molecule has 1 fully saturated rings. The summed E-state index contributed by atoms with van der Waals surface area (Å²) in [6, 6.07) is 6.79. The summed E-state index contributed by atoms with van der Waals surface area (Å²) in [5.41, 5.74) is -0.457. The Morgan fingerprint density at radius 1 is 1.11 bits per heavy atom. The van der Waals surface area contributed by atoms with Gasteiger partial charge in [0.05, 0.1) is 9.26 Å². The first-order valence-corrected chi connectivity index (χ1v) is 10.7. The molecule has 1 amide bonds. The van der Waals surface area contributed by atoms with Gasteiger partial charge in [0, 0.05) is 37.3 Å².